The first kappa shape index (κ1) is 15.5. The molecule has 1 atom stereocenters. The molecule has 3 N–H and O–H groups in total. The summed E-state index contributed by atoms with van der Waals surface area (Å²) in [5, 5.41) is 26.9. The smallest absolute Gasteiger partial charge is 0.251 e. The first-order chi connectivity index (χ1) is 10.9. The molecule has 0 radical (unpaired) electrons. The zero-order valence-electron chi connectivity index (χ0n) is 13.0. The Bertz CT molecular complexity index is 719. The second kappa shape index (κ2) is 5.68. The lowest BCUT2D eigenvalue weighted by molar-refractivity contribution is -0.184. The highest BCUT2D eigenvalue weighted by Crippen LogP contribution is 2.29. The molecule has 0 saturated carbocycles. The number of carbonyl (C=O) groups is 1. The van der Waals surface area contributed by atoms with Crippen molar-refractivity contribution in [2.24, 2.45) is 7.05 Å². The van der Waals surface area contributed by atoms with Gasteiger partial charge in [0.1, 0.15) is 11.3 Å². The molecule has 1 unspecified atom stereocenters. The van der Waals surface area contributed by atoms with Crippen LogP contribution in [0.1, 0.15) is 34.6 Å². The van der Waals surface area contributed by atoms with E-state index in [1.54, 1.807) is 38.2 Å². The first-order valence-electron chi connectivity index (χ1n) is 7.33. The predicted molar refractivity (Wildman–Crippen MR) is 81.9 cm³/mol. The molecule has 1 saturated heterocycles. The lowest BCUT2D eigenvalue weighted by Gasteiger charge is -2.36. The summed E-state index contributed by atoms with van der Waals surface area (Å²) in [6.45, 7) is 2.30. The Balaban J connectivity index is 1.69. The molecule has 7 nitrogen and oxygen atoms in total. The van der Waals surface area contributed by atoms with Crippen LogP contribution in [0.2, 0.25) is 0 Å². The van der Waals surface area contributed by atoms with Crippen LogP contribution in [0.5, 0.6) is 5.75 Å². The SMILES string of the molecule is CC(NC(=O)c1ccc(C2(O)COC2)cc1)c1nn(C)cc1O. The van der Waals surface area contributed by atoms with Gasteiger partial charge in [0.05, 0.1) is 25.5 Å². The minimum absolute atomic E-state index is 0.0443. The zero-order chi connectivity index (χ0) is 16.6. The number of aliphatic hydroxyl groups is 1. The van der Waals surface area contributed by atoms with E-state index in [1.165, 1.54) is 10.9 Å². The van der Waals surface area contributed by atoms with Gasteiger partial charge in [-0.25, -0.2) is 0 Å². The summed E-state index contributed by atoms with van der Waals surface area (Å²) in [5.74, 6) is -0.228. The lowest BCUT2D eigenvalue weighted by Crippen LogP contribution is -2.46. The van der Waals surface area contributed by atoms with Crippen LogP contribution in [-0.4, -0.2) is 39.1 Å². The number of aromatic nitrogens is 2. The second-order valence-electron chi connectivity index (χ2n) is 5.87. The Morgan fingerprint density at radius 2 is 2.04 bits per heavy atom. The van der Waals surface area contributed by atoms with Crippen molar-refractivity contribution in [1.29, 1.82) is 0 Å². The van der Waals surface area contributed by atoms with Gasteiger partial charge in [0.2, 0.25) is 0 Å². The Morgan fingerprint density at radius 3 is 2.52 bits per heavy atom. The van der Waals surface area contributed by atoms with Gasteiger partial charge in [-0.15, -0.1) is 0 Å². The minimum atomic E-state index is -0.942. The van der Waals surface area contributed by atoms with E-state index >= 15 is 0 Å². The Kier molecular flexibility index (Phi) is 3.83. The summed E-state index contributed by atoms with van der Waals surface area (Å²) in [4.78, 5) is 12.3. The summed E-state index contributed by atoms with van der Waals surface area (Å²) in [7, 11) is 1.70. The summed E-state index contributed by atoms with van der Waals surface area (Å²) in [6.07, 6.45) is 1.48. The molecule has 1 amide bonds. The molecule has 7 heteroatoms. The third-order valence-electron chi connectivity index (χ3n) is 3.96. The van der Waals surface area contributed by atoms with Crippen LogP contribution < -0.4 is 5.32 Å². The quantitative estimate of drug-likeness (QED) is 0.776. The number of carbonyl (C=O) groups excluding carboxylic acids is 1. The van der Waals surface area contributed by atoms with E-state index in [-0.39, 0.29) is 24.9 Å². The maximum absolute atomic E-state index is 12.3. The highest BCUT2D eigenvalue weighted by atomic mass is 16.5. The number of rotatable bonds is 4. The van der Waals surface area contributed by atoms with Crippen molar-refractivity contribution in [2.45, 2.75) is 18.6 Å². The summed E-state index contributed by atoms with van der Waals surface area (Å²) in [5.41, 5.74) is 0.677. The number of hydrogen-bond donors (Lipinski definition) is 3. The number of hydrogen-bond acceptors (Lipinski definition) is 5. The van der Waals surface area contributed by atoms with Crippen LogP contribution in [0.25, 0.3) is 0 Å². The van der Waals surface area contributed by atoms with Crippen LogP contribution in [0, 0.1) is 0 Å². The molecular formula is C16H19N3O4. The average molecular weight is 317 g/mol. The number of amides is 1. The molecule has 23 heavy (non-hydrogen) atoms. The molecule has 1 fully saturated rings. The van der Waals surface area contributed by atoms with E-state index in [4.69, 9.17) is 4.74 Å². The monoisotopic (exact) mass is 317 g/mol. The van der Waals surface area contributed by atoms with Gasteiger partial charge in [-0.05, 0) is 24.6 Å². The number of nitrogens with one attached hydrogen (secondary N) is 1. The topological polar surface area (TPSA) is 96.6 Å². The molecule has 0 bridgehead atoms. The van der Waals surface area contributed by atoms with Crippen molar-refractivity contribution in [2.75, 3.05) is 13.2 Å². The fourth-order valence-corrected chi connectivity index (χ4v) is 2.54. The first-order valence-corrected chi connectivity index (χ1v) is 7.33. The number of aryl methyl sites for hydroxylation is 1. The largest absolute Gasteiger partial charge is 0.504 e. The molecule has 122 valence electrons. The molecule has 0 spiro atoms. The minimum Gasteiger partial charge on any atom is -0.504 e. The van der Waals surface area contributed by atoms with Crippen LogP contribution in [0.3, 0.4) is 0 Å². The van der Waals surface area contributed by atoms with E-state index in [0.29, 0.717) is 11.3 Å². The zero-order valence-corrected chi connectivity index (χ0v) is 13.0. The Morgan fingerprint density at radius 1 is 1.39 bits per heavy atom. The molecule has 2 heterocycles. The summed E-state index contributed by atoms with van der Waals surface area (Å²) < 4.78 is 6.51. The molecule has 1 aromatic heterocycles. The molecule has 0 aliphatic carbocycles. The van der Waals surface area contributed by atoms with Gasteiger partial charge < -0.3 is 20.3 Å². The van der Waals surface area contributed by atoms with Crippen LogP contribution >= 0.6 is 0 Å². The third kappa shape index (κ3) is 2.93. The average Bonchev–Trinajstić information content (AvgIpc) is 2.83. The van der Waals surface area contributed by atoms with Crippen molar-refractivity contribution in [1.82, 2.24) is 15.1 Å². The van der Waals surface area contributed by atoms with E-state index in [9.17, 15) is 15.0 Å². The number of nitrogens with zero attached hydrogens (tertiary/aromatic N) is 2. The number of ether oxygens (including phenoxy) is 1. The number of benzene rings is 1. The van der Waals surface area contributed by atoms with Crippen LogP contribution in [-0.2, 0) is 17.4 Å². The highest BCUT2D eigenvalue weighted by Gasteiger charge is 2.37. The lowest BCUT2D eigenvalue weighted by atomic mass is 9.91. The fourth-order valence-electron chi connectivity index (χ4n) is 2.54. The third-order valence-corrected chi connectivity index (χ3v) is 3.96. The standard InChI is InChI=1S/C16H19N3O4/c1-10(14-13(20)7-19(2)18-14)17-15(21)11-3-5-12(6-4-11)16(22)8-23-9-16/h3-7,10,20,22H,8-9H2,1-2H3,(H,17,21). The number of aromatic hydroxyl groups is 1. The van der Waals surface area contributed by atoms with Crippen molar-refractivity contribution < 1.29 is 19.7 Å². The highest BCUT2D eigenvalue weighted by molar-refractivity contribution is 5.94. The molecule has 3 rings (SSSR count). The fraction of sp³-hybridized carbons (Fsp3) is 0.375. The summed E-state index contributed by atoms with van der Waals surface area (Å²) >= 11 is 0. The van der Waals surface area contributed by atoms with Gasteiger partial charge in [0.25, 0.3) is 5.91 Å². The normalized spacial score (nSPS) is 17.3. The van der Waals surface area contributed by atoms with Crippen LogP contribution in [0.15, 0.2) is 30.5 Å². The van der Waals surface area contributed by atoms with Crippen molar-refractivity contribution in [3.63, 3.8) is 0 Å². The molecule has 1 aliphatic heterocycles. The summed E-state index contributed by atoms with van der Waals surface area (Å²) in [6, 6.07) is 6.34. The second-order valence-corrected chi connectivity index (χ2v) is 5.87. The molecular weight excluding hydrogens is 298 g/mol. The van der Waals surface area contributed by atoms with E-state index in [1.807, 2.05) is 0 Å². The molecule has 2 aromatic rings. The van der Waals surface area contributed by atoms with Gasteiger partial charge >= 0.3 is 0 Å². The van der Waals surface area contributed by atoms with Gasteiger partial charge in [0, 0.05) is 12.6 Å². The maximum Gasteiger partial charge on any atom is 0.251 e. The van der Waals surface area contributed by atoms with Crippen molar-refractivity contribution in [3.05, 3.63) is 47.3 Å². The Hall–Kier alpha value is -2.38. The predicted octanol–water partition coefficient (Wildman–Crippen LogP) is 0.834. The van der Waals surface area contributed by atoms with Gasteiger partial charge in [-0.1, -0.05) is 12.1 Å². The van der Waals surface area contributed by atoms with Crippen molar-refractivity contribution in [3.8, 4) is 5.75 Å². The van der Waals surface area contributed by atoms with Crippen molar-refractivity contribution >= 4 is 5.91 Å². The van der Waals surface area contributed by atoms with Gasteiger partial charge in [0.15, 0.2) is 5.75 Å². The van der Waals surface area contributed by atoms with Gasteiger partial charge in [-0.3, -0.25) is 9.48 Å². The Labute approximate surface area is 133 Å². The molecule has 1 aliphatic rings. The van der Waals surface area contributed by atoms with E-state index in [0.717, 1.165) is 5.56 Å². The van der Waals surface area contributed by atoms with E-state index in [2.05, 4.69) is 10.4 Å². The maximum atomic E-state index is 12.3. The van der Waals surface area contributed by atoms with Crippen LogP contribution in [0.4, 0.5) is 0 Å². The van der Waals surface area contributed by atoms with E-state index < -0.39 is 11.6 Å². The molecule has 1 aromatic carbocycles. The van der Waals surface area contributed by atoms with Gasteiger partial charge in [-0.2, -0.15) is 5.10 Å².